The summed E-state index contributed by atoms with van der Waals surface area (Å²) in [5, 5.41) is 26.4. The van der Waals surface area contributed by atoms with Gasteiger partial charge < -0.3 is 14.6 Å². The maximum atomic E-state index is 12.9. The van der Waals surface area contributed by atoms with Crippen molar-refractivity contribution in [2.75, 3.05) is 0 Å². The van der Waals surface area contributed by atoms with Gasteiger partial charge in [0.25, 0.3) is 5.22 Å². The first kappa shape index (κ1) is 16.7. The summed E-state index contributed by atoms with van der Waals surface area (Å²) < 4.78 is 18.4. The van der Waals surface area contributed by atoms with Crippen LogP contribution in [0.4, 0.5) is 4.39 Å². The van der Waals surface area contributed by atoms with Gasteiger partial charge in [0.1, 0.15) is 16.5 Å². The molecule has 1 heterocycles. The van der Waals surface area contributed by atoms with Gasteiger partial charge in [-0.25, -0.2) is 9.18 Å². The number of aliphatic carboxylic acids is 1. The zero-order valence-electron chi connectivity index (χ0n) is 12.6. The number of carboxylic acid groups (broad SMARTS) is 1. The highest BCUT2D eigenvalue weighted by Crippen LogP contribution is 2.30. The van der Waals surface area contributed by atoms with Crippen molar-refractivity contribution in [1.82, 2.24) is 10.2 Å². The van der Waals surface area contributed by atoms with E-state index in [2.05, 4.69) is 10.2 Å². The van der Waals surface area contributed by atoms with Crippen LogP contribution in [-0.2, 0) is 4.79 Å². The second-order valence-electron chi connectivity index (χ2n) is 4.89. The molecule has 0 spiro atoms. The summed E-state index contributed by atoms with van der Waals surface area (Å²) in [6.45, 7) is 0. The van der Waals surface area contributed by atoms with Crippen molar-refractivity contribution in [1.29, 1.82) is 0 Å². The van der Waals surface area contributed by atoms with E-state index in [1.54, 1.807) is 12.1 Å². The van der Waals surface area contributed by atoms with Gasteiger partial charge >= 0.3 is 5.97 Å². The minimum atomic E-state index is -1.17. The second kappa shape index (κ2) is 7.18. The fourth-order valence-corrected chi connectivity index (χ4v) is 2.63. The largest absolute Gasteiger partial charge is 0.508 e. The number of carbonyl (C=O) groups is 1. The predicted molar refractivity (Wildman–Crippen MR) is 89.3 cm³/mol. The highest BCUT2D eigenvalue weighted by atomic mass is 32.2. The third kappa shape index (κ3) is 4.24. The molecule has 8 heteroatoms. The molecule has 0 aliphatic heterocycles. The number of hydrogen-bond acceptors (Lipinski definition) is 6. The van der Waals surface area contributed by atoms with Gasteiger partial charge in [0.15, 0.2) is 0 Å². The van der Waals surface area contributed by atoms with E-state index in [1.807, 2.05) is 0 Å². The molecular formula is C17H11FN2O4S. The Balaban J connectivity index is 1.84. The van der Waals surface area contributed by atoms with Crippen LogP contribution < -0.4 is 0 Å². The van der Waals surface area contributed by atoms with Gasteiger partial charge in [-0.2, -0.15) is 0 Å². The number of nitrogens with zero attached hydrogens (tertiary/aromatic N) is 2. The number of carboxylic acids is 1. The number of aromatic hydroxyl groups is 1. The minimum absolute atomic E-state index is 0.0277. The Hall–Kier alpha value is -3.13. The summed E-state index contributed by atoms with van der Waals surface area (Å²) in [5.41, 5.74) is 1.04. The molecule has 0 atom stereocenters. The monoisotopic (exact) mass is 358 g/mol. The number of phenols is 1. The molecule has 0 amide bonds. The molecule has 0 unspecified atom stereocenters. The fraction of sp³-hybridized carbons (Fsp3) is 0. The summed E-state index contributed by atoms with van der Waals surface area (Å²) in [7, 11) is 0. The number of thioether (sulfide) groups is 1. The van der Waals surface area contributed by atoms with Crippen molar-refractivity contribution in [3.63, 3.8) is 0 Å². The van der Waals surface area contributed by atoms with E-state index >= 15 is 0 Å². The molecule has 2 aromatic carbocycles. The lowest BCUT2D eigenvalue weighted by atomic mass is 10.2. The van der Waals surface area contributed by atoms with Crippen molar-refractivity contribution in [3.8, 4) is 17.2 Å². The Morgan fingerprint density at radius 2 is 1.92 bits per heavy atom. The molecular weight excluding hydrogens is 347 g/mol. The molecule has 0 bridgehead atoms. The summed E-state index contributed by atoms with van der Waals surface area (Å²) >= 11 is 0.782. The summed E-state index contributed by atoms with van der Waals surface area (Å²) in [5.74, 6) is -1.38. The average molecular weight is 358 g/mol. The summed E-state index contributed by atoms with van der Waals surface area (Å²) in [4.78, 5) is 11.4. The Kier molecular flexibility index (Phi) is 4.80. The number of rotatable bonds is 5. The first-order valence-corrected chi connectivity index (χ1v) is 7.84. The van der Waals surface area contributed by atoms with Crippen LogP contribution in [0.5, 0.6) is 5.75 Å². The summed E-state index contributed by atoms with van der Waals surface area (Å²) in [6, 6.07) is 11.7. The van der Waals surface area contributed by atoms with E-state index in [1.165, 1.54) is 42.5 Å². The average Bonchev–Trinajstić information content (AvgIpc) is 3.03. The molecule has 1 aromatic heterocycles. The SMILES string of the molecule is O=C(O)/C(=C\c1cccc(O)c1)Sc1nnc(-c2ccc(F)cc2)o1. The van der Waals surface area contributed by atoms with Gasteiger partial charge in [-0.3, -0.25) is 0 Å². The number of phenolic OH excluding ortho intramolecular Hbond substituents is 1. The molecule has 3 aromatic rings. The molecule has 3 rings (SSSR count). The number of benzene rings is 2. The molecule has 0 aliphatic rings. The van der Waals surface area contributed by atoms with Gasteiger partial charge in [0, 0.05) is 5.56 Å². The van der Waals surface area contributed by atoms with Crippen LogP contribution in [0.2, 0.25) is 0 Å². The van der Waals surface area contributed by atoms with E-state index < -0.39 is 5.97 Å². The van der Waals surface area contributed by atoms with Crippen molar-refractivity contribution >= 4 is 23.8 Å². The lowest BCUT2D eigenvalue weighted by molar-refractivity contribution is -0.131. The lowest BCUT2D eigenvalue weighted by Crippen LogP contribution is -1.96. The molecule has 0 fully saturated rings. The van der Waals surface area contributed by atoms with E-state index in [9.17, 15) is 19.4 Å². The molecule has 25 heavy (non-hydrogen) atoms. The summed E-state index contributed by atoms with van der Waals surface area (Å²) in [6.07, 6.45) is 1.38. The standard InChI is InChI=1S/C17H11FN2O4S/c18-12-6-4-11(5-7-12)15-19-20-17(24-15)25-14(16(22)23)9-10-2-1-3-13(21)8-10/h1-9,21H,(H,22,23)/b14-9+. The molecule has 2 N–H and O–H groups in total. The molecule has 126 valence electrons. The zero-order valence-corrected chi connectivity index (χ0v) is 13.4. The highest BCUT2D eigenvalue weighted by molar-refractivity contribution is 8.03. The van der Waals surface area contributed by atoms with E-state index in [0.717, 1.165) is 11.8 Å². The lowest BCUT2D eigenvalue weighted by Gasteiger charge is -2.00. The number of hydrogen-bond donors (Lipinski definition) is 2. The van der Waals surface area contributed by atoms with Gasteiger partial charge in [0.2, 0.25) is 5.89 Å². The van der Waals surface area contributed by atoms with E-state index in [0.29, 0.717) is 11.1 Å². The van der Waals surface area contributed by atoms with Crippen LogP contribution in [0.15, 0.2) is 63.1 Å². The first-order valence-electron chi connectivity index (χ1n) is 7.02. The Morgan fingerprint density at radius 3 is 2.60 bits per heavy atom. The van der Waals surface area contributed by atoms with Crippen molar-refractivity contribution in [2.24, 2.45) is 0 Å². The molecule has 0 radical (unpaired) electrons. The van der Waals surface area contributed by atoms with Crippen LogP contribution in [-0.4, -0.2) is 26.4 Å². The van der Waals surface area contributed by atoms with Crippen molar-refractivity contribution in [3.05, 3.63) is 64.8 Å². The smallest absolute Gasteiger partial charge is 0.342 e. The van der Waals surface area contributed by atoms with Gasteiger partial charge in [-0.15, -0.1) is 10.2 Å². The van der Waals surface area contributed by atoms with Crippen LogP contribution in [0.1, 0.15) is 5.56 Å². The van der Waals surface area contributed by atoms with Gasteiger partial charge in [-0.1, -0.05) is 12.1 Å². The number of halogens is 1. The van der Waals surface area contributed by atoms with Crippen LogP contribution >= 0.6 is 11.8 Å². The quantitative estimate of drug-likeness (QED) is 0.529. The van der Waals surface area contributed by atoms with Crippen molar-refractivity contribution in [2.45, 2.75) is 5.22 Å². The highest BCUT2D eigenvalue weighted by Gasteiger charge is 2.16. The van der Waals surface area contributed by atoms with Gasteiger partial charge in [0.05, 0.1) is 0 Å². The third-order valence-corrected chi connectivity index (χ3v) is 3.93. The van der Waals surface area contributed by atoms with E-state index in [4.69, 9.17) is 4.42 Å². The Morgan fingerprint density at radius 1 is 1.16 bits per heavy atom. The third-order valence-electron chi connectivity index (χ3n) is 3.07. The van der Waals surface area contributed by atoms with Gasteiger partial charge in [-0.05, 0) is 59.8 Å². The predicted octanol–water partition coefficient (Wildman–Crippen LogP) is 3.80. The van der Waals surface area contributed by atoms with Crippen molar-refractivity contribution < 1.29 is 23.8 Å². The fourth-order valence-electron chi connectivity index (χ4n) is 1.96. The molecule has 0 aliphatic carbocycles. The topological polar surface area (TPSA) is 96.5 Å². The normalized spacial score (nSPS) is 11.5. The van der Waals surface area contributed by atoms with Crippen LogP contribution in [0.3, 0.4) is 0 Å². The second-order valence-corrected chi connectivity index (χ2v) is 5.88. The van der Waals surface area contributed by atoms with Crippen LogP contribution in [0, 0.1) is 5.82 Å². The zero-order chi connectivity index (χ0) is 17.8. The Labute approximate surface area is 145 Å². The minimum Gasteiger partial charge on any atom is -0.508 e. The van der Waals surface area contributed by atoms with Crippen LogP contribution in [0.25, 0.3) is 17.5 Å². The first-order chi connectivity index (χ1) is 12.0. The van der Waals surface area contributed by atoms with E-state index in [-0.39, 0.29) is 27.6 Å². The molecule has 0 saturated carbocycles. The molecule has 6 nitrogen and oxygen atoms in total. The molecule has 0 saturated heterocycles. The maximum absolute atomic E-state index is 12.9. The number of aromatic nitrogens is 2. The Bertz CT molecular complexity index is 938. The maximum Gasteiger partial charge on any atom is 0.342 e.